The number of rotatable bonds is 22. The van der Waals surface area contributed by atoms with E-state index in [4.69, 9.17) is 23.7 Å². The summed E-state index contributed by atoms with van der Waals surface area (Å²) in [5.41, 5.74) is 0.765. The van der Waals surface area contributed by atoms with Crippen molar-refractivity contribution >= 4 is 22.7 Å². The molecule has 260 valence electrons. The molecule has 0 saturated carbocycles. The maximum Gasteiger partial charge on any atom is 0.343 e. The van der Waals surface area contributed by atoms with Crippen LogP contribution in [-0.4, -0.2) is 31.8 Å². The highest BCUT2D eigenvalue weighted by atomic mass is 16.6. The molecule has 0 aliphatic carbocycles. The minimum absolute atomic E-state index is 0.265. The second-order valence-electron chi connectivity index (χ2n) is 12.0. The van der Waals surface area contributed by atoms with Crippen molar-refractivity contribution in [3.05, 3.63) is 103 Å². The Bertz CT molecular complexity index is 1610. The van der Waals surface area contributed by atoms with E-state index in [1.807, 2.05) is 30.3 Å². The van der Waals surface area contributed by atoms with E-state index in [1.165, 1.54) is 25.7 Å². The van der Waals surface area contributed by atoms with Gasteiger partial charge in [-0.1, -0.05) is 82.7 Å². The Morgan fingerprint density at radius 2 is 1.08 bits per heavy atom. The number of esters is 2. The number of carbonyl (C=O) groups is 2. The van der Waals surface area contributed by atoms with Crippen LogP contribution in [0.3, 0.4) is 0 Å². The summed E-state index contributed by atoms with van der Waals surface area (Å²) in [5, 5.41) is 1.19. The fourth-order valence-corrected chi connectivity index (χ4v) is 5.28. The zero-order valence-electron chi connectivity index (χ0n) is 29.0. The Balaban J connectivity index is 1.52. The third-order valence-electron chi connectivity index (χ3n) is 8.09. The van der Waals surface area contributed by atoms with Crippen molar-refractivity contribution in [2.24, 2.45) is 0 Å². The minimum Gasteiger partial charge on any atom is -0.494 e. The molecule has 0 aromatic heterocycles. The summed E-state index contributed by atoms with van der Waals surface area (Å²) in [7, 11) is 0. The molecule has 0 atom stereocenters. The summed E-state index contributed by atoms with van der Waals surface area (Å²) >= 11 is 0. The van der Waals surface area contributed by atoms with Crippen molar-refractivity contribution in [2.75, 3.05) is 19.8 Å². The molecule has 0 amide bonds. The normalized spacial score (nSPS) is 10.8. The minimum atomic E-state index is -0.534. The monoisotopic (exact) mass is 666 g/mol. The first-order valence-electron chi connectivity index (χ1n) is 17.7. The molecule has 4 rings (SSSR count). The van der Waals surface area contributed by atoms with E-state index in [-0.39, 0.29) is 5.75 Å². The molecule has 0 radical (unpaired) electrons. The highest BCUT2D eigenvalue weighted by molar-refractivity contribution is 6.01. The predicted octanol–water partition coefficient (Wildman–Crippen LogP) is 10.9. The van der Waals surface area contributed by atoms with Crippen LogP contribution in [0.2, 0.25) is 0 Å². The lowest BCUT2D eigenvalue weighted by Gasteiger charge is -2.17. The second-order valence-corrected chi connectivity index (χ2v) is 12.0. The highest BCUT2D eigenvalue weighted by Gasteiger charge is 2.21. The molecule has 0 aliphatic heterocycles. The molecule has 4 aromatic rings. The van der Waals surface area contributed by atoms with Gasteiger partial charge in [-0.3, -0.25) is 0 Å². The first-order chi connectivity index (χ1) is 24.0. The van der Waals surface area contributed by atoms with E-state index in [0.717, 1.165) is 44.9 Å². The number of ether oxygens (including phenoxy) is 5. The van der Waals surface area contributed by atoms with Gasteiger partial charge in [0, 0.05) is 16.8 Å². The van der Waals surface area contributed by atoms with Gasteiger partial charge in [0.1, 0.15) is 17.2 Å². The number of benzene rings is 4. The van der Waals surface area contributed by atoms with Gasteiger partial charge in [-0.15, -0.1) is 6.58 Å². The van der Waals surface area contributed by atoms with Crippen molar-refractivity contribution < 1.29 is 33.3 Å². The van der Waals surface area contributed by atoms with Crippen LogP contribution in [0.4, 0.5) is 0 Å². The maximum atomic E-state index is 13.4. The molecule has 7 nitrogen and oxygen atoms in total. The molecular formula is C42H50O7. The van der Waals surface area contributed by atoms with Crippen molar-refractivity contribution in [1.82, 2.24) is 0 Å². The van der Waals surface area contributed by atoms with Gasteiger partial charge in [0.25, 0.3) is 0 Å². The Morgan fingerprint density at radius 1 is 0.571 bits per heavy atom. The van der Waals surface area contributed by atoms with E-state index in [2.05, 4.69) is 20.4 Å². The average molecular weight is 667 g/mol. The van der Waals surface area contributed by atoms with Gasteiger partial charge in [0.2, 0.25) is 0 Å². The van der Waals surface area contributed by atoms with E-state index in [0.29, 0.717) is 64.7 Å². The molecule has 4 aromatic carbocycles. The van der Waals surface area contributed by atoms with Crippen LogP contribution in [0.5, 0.6) is 28.7 Å². The van der Waals surface area contributed by atoms with E-state index < -0.39 is 11.9 Å². The first kappa shape index (κ1) is 37.0. The SMILES string of the molecule is C=CCCCCOc1cc(OC(=O)c2ccc(OCCCCCC)cc2)c2ccccc2c1OC(=O)c1ccc(OCCCCCC)cc1. The van der Waals surface area contributed by atoms with E-state index in [9.17, 15) is 9.59 Å². The van der Waals surface area contributed by atoms with Crippen molar-refractivity contribution in [1.29, 1.82) is 0 Å². The molecule has 0 aliphatic rings. The van der Waals surface area contributed by atoms with Crippen molar-refractivity contribution in [3.8, 4) is 28.7 Å². The lowest BCUT2D eigenvalue weighted by Crippen LogP contribution is -2.12. The molecule has 0 N–H and O–H groups in total. The average Bonchev–Trinajstić information content (AvgIpc) is 3.13. The standard InChI is InChI=1S/C42H50O7/c1-4-7-10-15-28-45-34-24-20-32(21-25-34)41(43)48-38-31-39(47-30-17-12-9-6-3)40(37-19-14-13-18-36(37)38)49-42(44)33-22-26-35(27-23-33)46-29-16-11-8-5-2/h6,13-14,18-27,31H,3-5,7-12,15-17,28-30H2,1-2H3. The van der Waals surface area contributed by atoms with Gasteiger partial charge in [0.05, 0.1) is 30.9 Å². The smallest absolute Gasteiger partial charge is 0.343 e. The third-order valence-corrected chi connectivity index (χ3v) is 8.09. The van der Waals surface area contributed by atoms with Crippen LogP contribution in [0, 0.1) is 0 Å². The molecule has 0 saturated heterocycles. The molecule has 7 heteroatoms. The molecular weight excluding hydrogens is 616 g/mol. The van der Waals surface area contributed by atoms with Crippen molar-refractivity contribution in [3.63, 3.8) is 0 Å². The van der Waals surface area contributed by atoms with Gasteiger partial charge in [0.15, 0.2) is 11.5 Å². The van der Waals surface area contributed by atoms with Gasteiger partial charge >= 0.3 is 11.9 Å². The third kappa shape index (κ3) is 11.7. The van der Waals surface area contributed by atoms with E-state index in [1.54, 1.807) is 54.6 Å². The van der Waals surface area contributed by atoms with Crippen LogP contribution >= 0.6 is 0 Å². The lowest BCUT2D eigenvalue weighted by atomic mass is 10.1. The van der Waals surface area contributed by atoms with Crippen LogP contribution in [0.1, 0.15) is 105 Å². The maximum absolute atomic E-state index is 13.4. The molecule has 0 heterocycles. The van der Waals surface area contributed by atoms with Crippen LogP contribution in [0.25, 0.3) is 10.8 Å². The zero-order valence-corrected chi connectivity index (χ0v) is 29.0. The van der Waals surface area contributed by atoms with Crippen LogP contribution in [0.15, 0.2) is 91.5 Å². The molecule has 0 unspecified atom stereocenters. The molecule has 49 heavy (non-hydrogen) atoms. The quantitative estimate of drug-likeness (QED) is 0.0357. The number of hydrogen-bond acceptors (Lipinski definition) is 7. The number of unbranched alkanes of at least 4 members (excludes halogenated alkanes) is 8. The predicted molar refractivity (Wildman–Crippen MR) is 196 cm³/mol. The lowest BCUT2D eigenvalue weighted by molar-refractivity contribution is 0.0717. The Hall–Kier alpha value is -4.78. The Kier molecular flexibility index (Phi) is 15.5. The summed E-state index contributed by atoms with van der Waals surface area (Å²) in [4.78, 5) is 26.8. The van der Waals surface area contributed by atoms with Gasteiger partial charge in [-0.25, -0.2) is 9.59 Å². The molecule has 0 bridgehead atoms. The zero-order chi connectivity index (χ0) is 34.7. The summed E-state index contributed by atoms with van der Waals surface area (Å²) in [6.45, 7) is 9.81. The number of hydrogen-bond donors (Lipinski definition) is 0. The Labute approximate surface area is 291 Å². The fraction of sp³-hybridized carbons (Fsp3) is 0.381. The summed E-state index contributed by atoms with van der Waals surface area (Å²) in [6.07, 6.45) is 13.4. The van der Waals surface area contributed by atoms with Gasteiger partial charge in [-0.05, 0) is 80.6 Å². The highest BCUT2D eigenvalue weighted by Crippen LogP contribution is 2.42. The number of allylic oxidation sites excluding steroid dienone is 1. The summed E-state index contributed by atoms with van der Waals surface area (Å²) < 4.78 is 29.8. The van der Waals surface area contributed by atoms with Crippen LogP contribution < -0.4 is 23.7 Å². The molecule has 0 fully saturated rings. The van der Waals surface area contributed by atoms with Crippen LogP contribution in [-0.2, 0) is 0 Å². The number of fused-ring (bicyclic) bond motifs is 1. The first-order valence-corrected chi connectivity index (χ1v) is 17.7. The second kappa shape index (κ2) is 20.6. The summed E-state index contributed by atoms with van der Waals surface area (Å²) in [5.74, 6) is 1.24. The van der Waals surface area contributed by atoms with Gasteiger partial charge in [-0.2, -0.15) is 0 Å². The summed E-state index contributed by atoms with van der Waals surface area (Å²) in [6, 6.07) is 22.8. The fourth-order valence-electron chi connectivity index (χ4n) is 5.28. The number of carbonyl (C=O) groups excluding carboxylic acids is 2. The Morgan fingerprint density at radius 3 is 1.63 bits per heavy atom. The van der Waals surface area contributed by atoms with Crippen molar-refractivity contribution in [2.45, 2.75) is 84.5 Å². The topological polar surface area (TPSA) is 80.3 Å². The van der Waals surface area contributed by atoms with E-state index >= 15 is 0 Å². The largest absolute Gasteiger partial charge is 0.494 e. The van der Waals surface area contributed by atoms with Gasteiger partial charge < -0.3 is 23.7 Å². The molecule has 0 spiro atoms.